The Hall–Kier alpha value is -2.98. The van der Waals surface area contributed by atoms with Crippen molar-refractivity contribution in [2.75, 3.05) is 44.4 Å². The number of amides is 1. The molecule has 0 spiro atoms. The molecule has 1 aliphatic heterocycles. The highest BCUT2D eigenvalue weighted by Gasteiger charge is 2.29. The van der Waals surface area contributed by atoms with Gasteiger partial charge in [0.2, 0.25) is 5.91 Å². The van der Waals surface area contributed by atoms with Crippen LogP contribution in [0.5, 0.6) is 11.5 Å². The standard InChI is InChI=1S/C26H34F3N3O4/c1-18(31-8-12-35-22-5-2-3-6-23(22)36-17-26(27,28)29)13-19-14-20-7-10-32(9-4-11-33)25(20)21(15-19)16-24(30)34/h2-3,5-6,14-15,18,31,33H,4,7-13,16-17H2,1H3,(H2,30,34). The Kier molecular flexibility index (Phi) is 9.83. The summed E-state index contributed by atoms with van der Waals surface area (Å²) in [4.78, 5) is 13.9. The molecule has 1 heterocycles. The van der Waals surface area contributed by atoms with E-state index >= 15 is 0 Å². The number of carbonyl (C=O) groups excluding carboxylic acids is 1. The third-order valence-corrected chi connectivity index (χ3v) is 5.88. The maximum Gasteiger partial charge on any atom is 0.422 e. The number of nitrogens with zero attached hydrogens (tertiary/aromatic N) is 1. The minimum Gasteiger partial charge on any atom is -0.488 e. The predicted octanol–water partition coefficient (Wildman–Crippen LogP) is 3.00. The van der Waals surface area contributed by atoms with Crippen LogP contribution in [-0.2, 0) is 24.1 Å². The van der Waals surface area contributed by atoms with Crippen molar-refractivity contribution in [1.29, 1.82) is 0 Å². The van der Waals surface area contributed by atoms with Crippen LogP contribution in [0.15, 0.2) is 36.4 Å². The van der Waals surface area contributed by atoms with Crippen LogP contribution < -0.4 is 25.4 Å². The van der Waals surface area contributed by atoms with E-state index in [9.17, 15) is 23.1 Å². The number of nitrogens with two attached hydrogens (primary N) is 1. The Morgan fingerprint density at radius 2 is 1.94 bits per heavy atom. The van der Waals surface area contributed by atoms with Crippen molar-refractivity contribution >= 4 is 11.6 Å². The largest absolute Gasteiger partial charge is 0.488 e. The average molecular weight is 510 g/mol. The molecular weight excluding hydrogens is 475 g/mol. The summed E-state index contributed by atoms with van der Waals surface area (Å²) in [6, 6.07) is 10.6. The lowest BCUT2D eigenvalue weighted by atomic mass is 9.96. The topological polar surface area (TPSA) is 97.1 Å². The second-order valence-corrected chi connectivity index (χ2v) is 8.98. The van der Waals surface area contributed by atoms with E-state index in [1.165, 1.54) is 11.6 Å². The minimum absolute atomic E-state index is 0.0519. The molecule has 4 N–H and O–H groups in total. The number of rotatable bonds is 14. The van der Waals surface area contributed by atoms with Crippen LogP contribution in [0.1, 0.15) is 30.0 Å². The molecule has 0 aliphatic carbocycles. The van der Waals surface area contributed by atoms with Gasteiger partial charge in [-0.1, -0.05) is 24.3 Å². The number of para-hydroxylation sites is 2. The molecule has 1 amide bonds. The Morgan fingerprint density at radius 3 is 2.61 bits per heavy atom. The fraction of sp³-hybridized carbons (Fsp3) is 0.500. The van der Waals surface area contributed by atoms with E-state index < -0.39 is 12.8 Å². The molecule has 0 bridgehead atoms. The SMILES string of the molecule is CC(Cc1cc2c(c(CC(N)=O)c1)N(CCCO)CC2)NCCOc1ccccc1OCC(F)(F)F. The first-order valence-corrected chi connectivity index (χ1v) is 12.1. The van der Waals surface area contributed by atoms with Crippen LogP contribution in [0.4, 0.5) is 18.9 Å². The number of aliphatic hydroxyl groups is 1. The molecule has 0 fully saturated rings. The highest BCUT2D eigenvalue weighted by atomic mass is 19.4. The van der Waals surface area contributed by atoms with Gasteiger partial charge >= 0.3 is 6.18 Å². The zero-order chi connectivity index (χ0) is 26.1. The molecule has 2 aromatic rings. The fourth-order valence-corrected chi connectivity index (χ4v) is 4.46. The number of ether oxygens (including phenoxy) is 2. The maximum atomic E-state index is 12.5. The smallest absolute Gasteiger partial charge is 0.422 e. The van der Waals surface area contributed by atoms with Gasteiger partial charge in [0, 0.05) is 38.0 Å². The normalized spacial score (nSPS) is 14.0. The number of fused-ring (bicyclic) bond motifs is 1. The van der Waals surface area contributed by atoms with Crippen molar-refractivity contribution < 1.29 is 32.5 Å². The highest BCUT2D eigenvalue weighted by molar-refractivity contribution is 5.80. The van der Waals surface area contributed by atoms with Gasteiger partial charge in [-0.25, -0.2) is 0 Å². The Morgan fingerprint density at radius 1 is 1.22 bits per heavy atom. The summed E-state index contributed by atoms with van der Waals surface area (Å²) in [7, 11) is 0. The van der Waals surface area contributed by atoms with E-state index in [1.807, 2.05) is 13.0 Å². The molecule has 7 nitrogen and oxygen atoms in total. The van der Waals surface area contributed by atoms with Crippen molar-refractivity contribution in [3.8, 4) is 11.5 Å². The van der Waals surface area contributed by atoms with Gasteiger partial charge in [0.25, 0.3) is 0 Å². The van der Waals surface area contributed by atoms with Crippen molar-refractivity contribution in [1.82, 2.24) is 5.32 Å². The number of carbonyl (C=O) groups is 1. The summed E-state index contributed by atoms with van der Waals surface area (Å²) in [5, 5.41) is 12.6. The number of halogens is 3. The van der Waals surface area contributed by atoms with Crippen LogP contribution in [-0.4, -0.2) is 62.7 Å². The monoisotopic (exact) mass is 509 g/mol. The van der Waals surface area contributed by atoms with Crippen molar-refractivity contribution in [2.45, 2.75) is 44.8 Å². The van der Waals surface area contributed by atoms with Gasteiger partial charge in [0.1, 0.15) is 6.61 Å². The first kappa shape index (κ1) is 27.6. The van der Waals surface area contributed by atoms with E-state index in [4.69, 9.17) is 15.2 Å². The molecular formula is C26H34F3N3O4. The van der Waals surface area contributed by atoms with Crippen LogP contribution >= 0.6 is 0 Å². The Bertz CT molecular complexity index is 1020. The Labute approximate surface area is 209 Å². The van der Waals surface area contributed by atoms with E-state index in [-0.39, 0.29) is 43.1 Å². The second-order valence-electron chi connectivity index (χ2n) is 8.98. The third-order valence-electron chi connectivity index (χ3n) is 5.88. The van der Waals surface area contributed by atoms with Gasteiger partial charge < -0.3 is 30.5 Å². The number of nitrogens with one attached hydrogen (secondary N) is 1. The lowest BCUT2D eigenvalue weighted by Crippen LogP contribution is -2.32. The van der Waals surface area contributed by atoms with Crippen molar-refractivity contribution in [3.05, 3.63) is 53.1 Å². The molecule has 0 saturated heterocycles. The number of hydrogen-bond donors (Lipinski definition) is 3. The molecule has 0 saturated carbocycles. The molecule has 3 rings (SSSR count). The van der Waals surface area contributed by atoms with E-state index in [1.54, 1.807) is 18.2 Å². The zero-order valence-electron chi connectivity index (χ0n) is 20.4. The van der Waals surface area contributed by atoms with Crippen LogP contribution in [0.3, 0.4) is 0 Å². The van der Waals surface area contributed by atoms with Gasteiger partial charge in [-0.2, -0.15) is 13.2 Å². The van der Waals surface area contributed by atoms with Crippen molar-refractivity contribution in [3.63, 3.8) is 0 Å². The van der Waals surface area contributed by atoms with Gasteiger partial charge in [-0.3, -0.25) is 4.79 Å². The average Bonchev–Trinajstić information content (AvgIpc) is 3.22. The number of aliphatic hydroxyl groups excluding tert-OH is 1. The minimum atomic E-state index is -4.42. The first-order chi connectivity index (χ1) is 17.2. The summed E-state index contributed by atoms with van der Waals surface area (Å²) in [6.07, 6.45) is -1.99. The Balaban J connectivity index is 1.55. The molecule has 10 heteroatoms. The molecule has 36 heavy (non-hydrogen) atoms. The number of alkyl halides is 3. The molecule has 0 radical (unpaired) electrons. The first-order valence-electron chi connectivity index (χ1n) is 12.1. The molecule has 1 unspecified atom stereocenters. The molecule has 1 aliphatic rings. The summed E-state index contributed by atoms with van der Waals surface area (Å²) >= 11 is 0. The van der Waals surface area contributed by atoms with E-state index in [0.717, 1.165) is 42.7 Å². The van der Waals surface area contributed by atoms with Crippen molar-refractivity contribution in [2.24, 2.45) is 5.73 Å². The number of benzene rings is 2. The predicted molar refractivity (Wildman–Crippen MR) is 132 cm³/mol. The van der Waals surface area contributed by atoms with E-state index in [2.05, 4.69) is 16.3 Å². The number of hydrogen-bond acceptors (Lipinski definition) is 6. The van der Waals surface area contributed by atoms with Gasteiger partial charge in [0.05, 0.1) is 6.42 Å². The zero-order valence-corrected chi connectivity index (χ0v) is 20.4. The van der Waals surface area contributed by atoms with E-state index in [0.29, 0.717) is 13.0 Å². The van der Waals surface area contributed by atoms with Crippen LogP contribution in [0, 0.1) is 0 Å². The fourth-order valence-electron chi connectivity index (χ4n) is 4.46. The lowest BCUT2D eigenvalue weighted by molar-refractivity contribution is -0.153. The maximum absolute atomic E-state index is 12.5. The number of anilines is 1. The summed E-state index contributed by atoms with van der Waals surface area (Å²) in [5.74, 6) is -0.0705. The molecule has 198 valence electrons. The summed E-state index contributed by atoms with van der Waals surface area (Å²) in [5.41, 5.74) is 9.77. The quantitative estimate of drug-likeness (QED) is 0.339. The van der Waals surface area contributed by atoms with Crippen LogP contribution in [0.2, 0.25) is 0 Å². The van der Waals surface area contributed by atoms with Crippen LogP contribution in [0.25, 0.3) is 0 Å². The van der Waals surface area contributed by atoms with Gasteiger partial charge in [-0.05, 0) is 55.0 Å². The highest BCUT2D eigenvalue weighted by Crippen LogP contribution is 2.34. The third kappa shape index (κ3) is 8.30. The number of primary amides is 1. The molecule has 0 aromatic heterocycles. The molecule has 1 atom stereocenters. The molecule has 2 aromatic carbocycles. The van der Waals surface area contributed by atoms with Gasteiger partial charge in [-0.15, -0.1) is 0 Å². The second kappa shape index (κ2) is 12.8. The lowest BCUT2D eigenvalue weighted by Gasteiger charge is -2.23. The summed E-state index contributed by atoms with van der Waals surface area (Å²) < 4.78 is 47.9. The van der Waals surface area contributed by atoms with Gasteiger partial charge in [0.15, 0.2) is 18.1 Å². The summed E-state index contributed by atoms with van der Waals surface area (Å²) in [6.45, 7) is 3.11.